The summed E-state index contributed by atoms with van der Waals surface area (Å²) in [5, 5.41) is 2.09. The molecule has 25 heavy (non-hydrogen) atoms. The van der Waals surface area contributed by atoms with Crippen molar-refractivity contribution in [3.8, 4) is 5.75 Å². The molecular formula is C19H20N2O3S. The second-order valence-corrected chi connectivity index (χ2v) is 7.40. The maximum atomic E-state index is 12.6. The van der Waals surface area contributed by atoms with Gasteiger partial charge in [0.2, 0.25) is 5.91 Å². The van der Waals surface area contributed by atoms with Crippen molar-refractivity contribution in [3.63, 3.8) is 0 Å². The fraction of sp³-hybridized carbons (Fsp3) is 0.368. The Labute approximate surface area is 150 Å². The summed E-state index contributed by atoms with van der Waals surface area (Å²) in [6.45, 7) is 3.57. The molecule has 0 radical (unpaired) electrons. The highest BCUT2D eigenvalue weighted by molar-refractivity contribution is 7.10. The number of fused-ring (bicyclic) bond motifs is 2. The molecule has 2 amide bonds. The van der Waals surface area contributed by atoms with Crippen molar-refractivity contribution in [1.29, 1.82) is 0 Å². The van der Waals surface area contributed by atoms with Gasteiger partial charge in [-0.1, -0.05) is 12.1 Å². The molecular weight excluding hydrogens is 336 g/mol. The smallest absolute Gasteiger partial charge is 0.267 e. The molecule has 3 heterocycles. The summed E-state index contributed by atoms with van der Waals surface area (Å²) in [5.41, 5.74) is 2.00. The van der Waals surface area contributed by atoms with Crippen molar-refractivity contribution >= 4 is 28.8 Å². The molecule has 1 unspecified atom stereocenters. The van der Waals surface area contributed by atoms with Crippen molar-refractivity contribution in [2.45, 2.75) is 32.4 Å². The van der Waals surface area contributed by atoms with Gasteiger partial charge in [-0.3, -0.25) is 9.59 Å². The Morgan fingerprint density at radius 2 is 2.16 bits per heavy atom. The SMILES string of the molecule is CC1Oc2ccccc2N(CCC(=O)N2CCc3sccc3C2)C1=O. The van der Waals surface area contributed by atoms with E-state index in [4.69, 9.17) is 4.74 Å². The van der Waals surface area contributed by atoms with Crippen molar-refractivity contribution in [2.24, 2.45) is 0 Å². The van der Waals surface area contributed by atoms with E-state index in [9.17, 15) is 9.59 Å². The molecule has 0 fully saturated rings. The lowest BCUT2D eigenvalue weighted by Crippen LogP contribution is -2.46. The third-order valence-electron chi connectivity index (χ3n) is 4.78. The molecule has 1 aromatic heterocycles. The number of carbonyl (C=O) groups is 2. The second-order valence-electron chi connectivity index (χ2n) is 6.40. The topological polar surface area (TPSA) is 49.9 Å². The van der Waals surface area contributed by atoms with E-state index in [0.29, 0.717) is 25.3 Å². The van der Waals surface area contributed by atoms with E-state index in [1.807, 2.05) is 29.2 Å². The molecule has 2 aliphatic rings. The predicted octanol–water partition coefficient (Wildman–Crippen LogP) is 2.84. The van der Waals surface area contributed by atoms with Crippen LogP contribution in [-0.2, 0) is 22.6 Å². The Kier molecular flexibility index (Phi) is 4.21. The molecule has 1 atom stereocenters. The first kappa shape index (κ1) is 16.1. The number of anilines is 1. The summed E-state index contributed by atoms with van der Waals surface area (Å²) >= 11 is 1.76. The van der Waals surface area contributed by atoms with Crippen molar-refractivity contribution in [3.05, 3.63) is 46.2 Å². The van der Waals surface area contributed by atoms with Gasteiger partial charge in [0.05, 0.1) is 5.69 Å². The Hall–Kier alpha value is -2.34. The van der Waals surface area contributed by atoms with E-state index in [0.717, 1.165) is 18.7 Å². The van der Waals surface area contributed by atoms with Gasteiger partial charge in [-0.15, -0.1) is 11.3 Å². The Balaban J connectivity index is 1.44. The van der Waals surface area contributed by atoms with Crippen molar-refractivity contribution < 1.29 is 14.3 Å². The standard InChI is InChI=1S/C19H20N2O3S/c1-13-19(23)21(15-4-2-3-5-16(15)24-13)10-7-18(22)20-9-6-17-14(12-20)8-11-25-17/h2-5,8,11,13H,6-7,9-10,12H2,1H3. The van der Waals surface area contributed by atoms with Gasteiger partial charge >= 0.3 is 0 Å². The molecule has 0 saturated heterocycles. The minimum Gasteiger partial charge on any atom is -0.479 e. The number of rotatable bonds is 3. The number of hydrogen-bond donors (Lipinski definition) is 0. The normalized spacial score (nSPS) is 19.2. The molecule has 0 aliphatic carbocycles. The zero-order valence-electron chi connectivity index (χ0n) is 14.1. The Morgan fingerprint density at radius 3 is 3.04 bits per heavy atom. The Bertz CT molecular complexity index is 817. The molecule has 0 N–H and O–H groups in total. The van der Waals surface area contributed by atoms with E-state index < -0.39 is 6.10 Å². The van der Waals surface area contributed by atoms with E-state index >= 15 is 0 Å². The summed E-state index contributed by atoms with van der Waals surface area (Å²) in [7, 11) is 0. The average Bonchev–Trinajstić information content (AvgIpc) is 3.09. The molecule has 0 spiro atoms. The first-order valence-corrected chi connectivity index (χ1v) is 9.41. The van der Waals surface area contributed by atoms with Crippen LogP contribution in [0.4, 0.5) is 5.69 Å². The van der Waals surface area contributed by atoms with Crippen LogP contribution in [-0.4, -0.2) is 35.9 Å². The summed E-state index contributed by atoms with van der Waals surface area (Å²) < 4.78 is 5.64. The molecule has 130 valence electrons. The van der Waals surface area contributed by atoms with Crippen LogP contribution in [0, 0.1) is 0 Å². The number of thiophene rings is 1. The van der Waals surface area contributed by atoms with Gasteiger partial charge in [-0.25, -0.2) is 0 Å². The summed E-state index contributed by atoms with van der Waals surface area (Å²) in [6.07, 6.45) is 0.731. The highest BCUT2D eigenvalue weighted by Gasteiger charge is 2.32. The molecule has 4 rings (SSSR count). The van der Waals surface area contributed by atoms with E-state index in [-0.39, 0.29) is 11.8 Å². The second kappa shape index (κ2) is 6.52. The van der Waals surface area contributed by atoms with E-state index in [1.165, 1.54) is 10.4 Å². The van der Waals surface area contributed by atoms with Gasteiger partial charge < -0.3 is 14.5 Å². The minimum atomic E-state index is -0.520. The van der Waals surface area contributed by atoms with Gasteiger partial charge in [0.1, 0.15) is 5.75 Å². The number of nitrogens with zero attached hydrogens (tertiary/aromatic N) is 2. The molecule has 2 aromatic rings. The minimum absolute atomic E-state index is 0.0923. The lowest BCUT2D eigenvalue weighted by Gasteiger charge is -2.33. The van der Waals surface area contributed by atoms with Gasteiger partial charge in [0.15, 0.2) is 6.10 Å². The molecule has 0 bridgehead atoms. The largest absolute Gasteiger partial charge is 0.479 e. The highest BCUT2D eigenvalue weighted by atomic mass is 32.1. The van der Waals surface area contributed by atoms with Crippen LogP contribution in [0.2, 0.25) is 0 Å². The first-order valence-electron chi connectivity index (χ1n) is 8.53. The van der Waals surface area contributed by atoms with Crippen LogP contribution in [0.5, 0.6) is 5.75 Å². The van der Waals surface area contributed by atoms with Crippen LogP contribution in [0.15, 0.2) is 35.7 Å². The quantitative estimate of drug-likeness (QED) is 0.850. The van der Waals surface area contributed by atoms with E-state index in [2.05, 4.69) is 11.4 Å². The average molecular weight is 356 g/mol. The van der Waals surface area contributed by atoms with Gasteiger partial charge in [-0.05, 0) is 42.5 Å². The fourth-order valence-corrected chi connectivity index (χ4v) is 4.31. The lowest BCUT2D eigenvalue weighted by molar-refractivity contribution is -0.132. The number of amides is 2. The first-order chi connectivity index (χ1) is 12.1. The van der Waals surface area contributed by atoms with Crippen LogP contribution >= 0.6 is 11.3 Å². The zero-order valence-corrected chi connectivity index (χ0v) is 14.9. The van der Waals surface area contributed by atoms with Gasteiger partial charge in [0, 0.05) is 30.9 Å². The Morgan fingerprint density at radius 1 is 1.32 bits per heavy atom. The van der Waals surface area contributed by atoms with Crippen LogP contribution in [0.25, 0.3) is 0 Å². The molecule has 6 heteroatoms. The number of benzene rings is 1. The predicted molar refractivity (Wildman–Crippen MR) is 96.9 cm³/mol. The number of ether oxygens (including phenoxy) is 1. The fourth-order valence-electron chi connectivity index (χ4n) is 3.42. The highest BCUT2D eigenvalue weighted by Crippen LogP contribution is 2.33. The molecule has 1 aromatic carbocycles. The molecule has 0 saturated carbocycles. The molecule has 2 aliphatic heterocycles. The van der Waals surface area contributed by atoms with Crippen molar-refractivity contribution in [1.82, 2.24) is 4.90 Å². The third-order valence-corrected chi connectivity index (χ3v) is 5.81. The zero-order chi connectivity index (χ0) is 17.4. The maximum Gasteiger partial charge on any atom is 0.267 e. The maximum absolute atomic E-state index is 12.6. The van der Waals surface area contributed by atoms with Gasteiger partial charge in [-0.2, -0.15) is 0 Å². The third kappa shape index (κ3) is 3.02. The summed E-state index contributed by atoms with van der Waals surface area (Å²) in [4.78, 5) is 30.1. The lowest BCUT2D eigenvalue weighted by atomic mass is 10.1. The van der Waals surface area contributed by atoms with Crippen LogP contribution in [0.3, 0.4) is 0 Å². The summed E-state index contributed by atoms with van der Waals surface area (Å²) in [6, 6.07) is 9.58. The number of hydrogen-bond acceptors (Lipinski definition) is 4. The monoisotopic (exact) mass is 356 g/mol. The van der Waals surface area contributed by atoms with Crippen LogP contribution < -0.4 is 9.64 Å². The van der Waals surface area contributed by atoms with Crippen molar-refractivity contribution in [2.75, 3.05) is 18.0 Å². The van der Waals surface area contributed by atoms with Gasteiger partial charge in [0.25, 0.3) is 5.91 Å². The molecule has 5 nitrogen and oxygen atoms in total. The van der Waals surface area contributed by atoms with Crippen LogP contribution in [0.1, 0.15) is 23.8 Å². The number of para-hydroxylation sites is 2. The summed E-state index contributed by atoms with van der Waals surface area (Å²) in [5.74, 6) is 0.703. The number of carbonyl (C=O) groups excluding carboxylic acids is 2. The van der Waals surface area contributed by atoms with E-state index in [1.54, 1.807) is 23.2 Å².